The van der Waals surface area contributed by atoms with Crippen LogP contribution in [0, 0.1) is 10.1 Å². The fraction of sp³-hybridized carbons (Fsp3) is 0.133. The van der Waals surface area contributed by atoms with Crippen molar-refractivity contribution in [1.82, 2.24) is 4.98 Å². The minimum atomic E-state index is -1.14. The molecule has 0 aliphatic carbocycles. The van der Waals surface area contributed by atoms with E-state index in [1.165, 1.54) is 43.5 Å². The van der Waals surface area contributed by atoms with Crippen LogP contribution in [0.5, 0.6) is 0 Å². The molecule has 0 fully saturated rings. The highest BCUT2D eigenvalue weighted by atomic mass is 35.5. The van der Waals surface area contributed by atoms with Gasteiger partial charge in [0.25, 0.3) is 11.6 Å². The lowest BCUT2D eigenvalue weighted by atomic mass is 10.2. The molecule has 2 rings (SSSR count). The molecule has 0 aliphatic heterocycles. The van der Waals surface area contributed by atoms with Crippen LogP contribution in [0.4, 0.5) is 11.5 Å². The number of ether oxygens (including phenoxy) is 1. The summed E-state index contributed by atoms with van der Waals surface area (Å²) in [7, 11) is 0. The summed E-state index contributed by atoms with van der Waals surface area (Å²) in [6.45, 7) is 1.36. The van der Waals surface area contributed by atoms with Gasteiger partial charge >= 0.3 is 5.97 Å². The van der Waals surface area contributed by atoms with Crippen molar-refractivity contribution in [3.8, 4) is 0 Å². The predicted octanol–water partition coefficient (Wildman–Crippen LogP) is 3.48. The quantitative estimate of drug-likeness (QED) is 0.480. The van der Waals surface area contributed by atoms with Crippen molar-refractivity contribution in [2.75, 3.05) is 5.32 Å². The maximum atomic E-state index is 12.1. The number of nitro benzene ring substituents is 1. The molecule has 2 aromatic rings. The zero-order chi connectivity index (χ0) is 18.6. The zero-order valence-corrected chi connectivity index (χ0v) is 14.2. The number of halogens is 2. The summed E-state index contributed by atoms with van der Waals surface area (Å²) >= 11 is 11.6. The lowest BCUT2D eigenvalue weighted by Gasteiger charge is -2.13. The molecule has 0 bridgehead atoms. The van der Waals surface area contributed by atoms with E-state index in [4.69, 9.17) is 27.9 Å². The van der Waals surface area contributed by atoms with E-state index in [1.54, 1.807) is 0 Å². The summed E-state index contributed by atoms with van der Waals surface area (Å²) in [5.74, 6) is -1.37. The highest BCUT2D eigenvalue weighted by Gasteiger charge is 2.21. The van der Waals surface area contributed by atoms with Crippen LogP contribution in [0.15, 0.2) is 36.5 Å². The van der Waals surface area contributed by atoms with Gasteiger partial charge in [0.1, 0.15) is 0 Å². The Labute approximate surface area is 151 Å². The molecule has 0 radical (unpaired) electrons. The number of esters is 1. The number of benzene rings is 1. The molecule has 1 amide bonds. The topological polar surface area (TPSA) is 111 Å². The molecule has 10 heteroatoms. The summed E-state index contributed by atoms with van der Waals surface area (Å²) in [4.78, 5) is 37.9. The normalized spacial score (nSPS) is 11.5. The standard InChI is InChI=1S/C15H11Cl2N3O5/c1-8(14(21)19-13-12(17)6-10(16)7-18-13)25-15(22)9-2-4-11(5-3-9)20(23)24/h2-8H,1H3,(H,18,19,21)/t8-/m0/s1. The fourth-order valence-electron chi connectivity index (χ4n) is 1.73. The maximum absolute atomic E-state index is 12.1. The molecule has 0 aliphatic rings. The number of aromatic nitrogens is 1. The van der Waals surface area contributed by atoms with Crippen LogP contribution in [-0.2, 0) is 9.53 Å². The third kappa shape index (κ3) is 4.88. The van der Waals surface area contributed by atoms with Crippen LogP contribution in [0.1, 0.15) is 17.3 Å². The van der Waals surface area contributed by atoms with Crippen molar-refractivity contribution in [3.63, 3.8) is 0 Å². The van der Waals surface area contributed by atoms with Gasteiger partial charge in [0, 0.05) is 18.3 Å². The Morgan fingerprint density at radius 3 is 2.48 bits per heavy atom. The Bertz CT molecular complexity index is 826. The molecule has 1 heterocycles. The van der Waals surface area contributed by atoms with Gasteiger partial charge in [-0.2, -0.15) is 0 Å². The highest BCUT2D eigenvalue weighted by Crippen LogP contribution is 2.22. The molecule has 1 aromatic carbocycles. The molecule has 1 aromatic heterocycles. The second kappa shape index (κ2) is 7.91. The Balaban J connectivity index is 2.00. The summed E-state index contributed by atoms with van der Waals surface area (Å²) in [6.07, 6.45) is 0.160. The monoisotopic (exact) mass is 383 g/mol. The maximum Gasteiger partial charge on any atom is 0.338 e. The average Bonchev–Trinajstić information content (AvgIpc) is 2.57. The van der Waals surface area contributed by atoms with E-state index in [1.807, 2.05) is 0 Å². The molecule has 1 atom stereocenters. The number of pyridine rings is 1. The van der Waals surface area contributed by atoms with Crippen molar-refractivity contribution < 1.29 is 19.2 Å². The number of hydrogen-bond donors (Lipinski definition) is 1. The fourth-order valence-corrected chi connectivity index (χ4v) is 2.15. The first-order chi connectivity index (χ1) is 11.8. The minimum absolute atomic E-state index is 0.0768. The van der Waals surface area contributed by atoms with Crippen molar-refractivity contribution >= 4 is 46.6 Å². The summed E-state index contributed by atoms with van der Waals surface area (Å²) in [5.41, 5.74) is -0.0845. The number of amides is 1. The number of non-ortho nitro benzene ring substituents is 1. The third-order valence-corrected chi connectivity index (χ3v) is 3.51. The molecule has 0 spiro atoms. The summed E-state index contributed by atoms with van der Waals surface area (Å²) in [6, 6.07) is 6.21. The van der Waals surface area contributed by atoms with E-state index in [9.17, 15) is 19.7 Å². The van der Waals surface area contributed by atoms with Gasteiger partial charge in [0.2, 0.25) is 0 Å². The number of rotatable bonds is 5. The highest BCUT2D eigenvalue weighted by molar-refractivity contribution is 6.36. The van der Waals surface area contributed by atoms with Gasteiger partial charge in [-0.3, -0.25) is 14.9 Å². The predicted molar refractivity (Wildman–Crippen MR) is 90.9 cm³/mol. The molecular weight excluding hydrogens is 373 g/mol. The molecule has 0 saturated heterocycles. The Morgan fingerprint density at radius 1 is 1.28 bits per heavy atom. The molecule has 0 unspecified atom stereocenters. The van der Waals surface area contributed by atoms with Crippen molar-refractivity contribution in [3.05, 3.63) is 62.3 Å². The first-order valence-corrected chi connectivity index (χ1v) is 7.61. The van der Waals surface area contributed by atoms with E-state index >= 15 is 0 Å². The van der Waals surface area contributed by atoms with E-state index in [0.29, 0.717) is 5.02 Å². The third-order valence-electron chi connectivity index (χ3n) is 3.02. The first-order valence-electron chi connectivity index (χ1n) is 6.85. The number of nitro groups is 1. The van der Waals surface area contributed by atoms with Gasteiger partial charge in [-0.05, 0) is 25.1 Å². The Kier molecular flexibility index (Phi) is 5.89. The average molecular weight is 384 g/mol. The number of nitrogens with zero attached hydrogens (tertiary/aromatic N) is 2. The number of anilines is 1. The smallest absolute Gasteiger partial charge is 0.338 e. The largest absolute Gasteiger partial charge is 0.449 e. The number of carbonyl (C=O) groups is 2. The molecule has 25 heavy (non-hydrogen) atoms. The minimum Gasteiger partial charge on any atom is -0.449 e. The van der Waals surface area contributed by atoms with Gasteiger partial charge in [-0.25, -0.2) is 9.78 Å². The molecule has 0 saturated carbocycles. The van der Waals surface area contributed by atoms with Gasteiger partial charge < -0.3 is 10.1 Å². The van der Waals surface area contributed by atoms with Crippen LogP contribution < -0.4 is 5.32 Å². The van der Waals surface area contributed by atoms with Gasteiger partial charge in [-0.1, -0.05) is 23.2 Å². The molecular formula is C15H11Cl2N3O5. The van der Waals surface area contributed by atoms with Crippen LogP contribution in [-0.4, -0.2) is 27.9 Å². The van der Waals surface area contributed by atoms with Crippen LogP contribution in [0.2, 0.25) is 10.0 Å². The van der Waals surface area contributed by atoms with E-state index in [0.717, 1.165) is 0 Å². The zero-order valence-electron chi connectivity index (χ0n) is 12.7. The van der Waals surface area contributed by atoms with Crippen molar-refractivity contribution in [2.24, 2.45) is 0 Å². The first kappa shape index (κ1) is 18.6. The number of carbonyl (C=O) groups excluding carboxylic acids is 2. The SMILES string of the molecule is C[C@H](OC(=O)c1ccc([N+](=O)[O-])cc1)C(=O)Nc1ncc(Cl)cc1Cl. The lowest BCUT2D eigenvalue weighted by molar-refractivity contribution is -0.384. The summed E-state index contributed by atoms with van der Waals surface area (Å²) in [5, 5.41) is 13.4. The second-order valence-corrected chi connectivity index (χ2v) is 5.67. The molecule has 130 valence electrons. The number of nitrogens with one attached hydrogen (secondary N) is 1. The van der Waals surface area contributed by atoms with E-state index in [2.05, 4.69) is 10.3 Å². The van der Waals surface area contributed by atoms with Gasteiger partial charge in [0.15, 0.2) is 11.9 Å². The van der Waals surface area contributed by atoms with Crippen LogP contribution in [0.3, 0.4) is 0 Å². The van der Waals surface area contributed by atoms with Crippen LogP contribution in [0.25, 0.3) is 0 Å². The van der Waals surface area contributed by atoms with Crippen molar-refractivity contribution in [2.45, 2.75) is 13.0 Å². The van der Waals surface area contributed by atoms with Crippen molar-refractivity contribution in [1.29, 1.82) is 0 Å². The Morgan fingerprint density at radius 2 is 1.92 bits per heavy atom. The number of hydrogen-bond acceptors (Lipinski definition) is 6. The van der Waals surface area contributed by atoms with Gasteiger partial charge in [-0.15, -0.1) is 0 Å². The second-order valence-electron chi connectivity index (χ2n) is 4.82. The summed E-state index contributed by atoms with van der Waals surface area (Å²) < 4.78 is 5.02. The lowest BCUT2D eigenvalue weighted by Crippen LogP contribution is -2.30. The molecule has 8 nitrogen and oxygen atoms in total. The Hall–Kier alpha value is -2.71. The van der Waals surface area contributed by atoms with E-state index < -0.39 is 22.9 Å². The van der Waals surface area contributed by atoms with E-state index in [-0.39, 0.29) is 22.1 Å². The molecule has 1 N–H and O–H groups in total. The van der Waals surface area contributed by atoms with Gasteiger partial charge in [0.05, 0.1) is 20.5 Å². The van der Waals surface area contributed by atoms with Crippen LogP contribution >= 0.6 is 23.2 Å².